The minimum atomic E-state index is -5.22. The van der Waals surface area contributed by atoms with E-state index in [-0.39, 0.29) is 129 Å². The molecule has 0 radical (unpaired) electrons. The van der Waals surface area contributed by atoms with E-state index in [1.54, 1.807) is 20.8 Å². The zero-order valence-electron chi connectivity index (χ0n) is 66.5. The number of nitrogens with zero attached hydrogens (tertiary/aromatic N) is 9. The van der Waals surface area contributed by atoms with Crippen molar-refractivity contribution in [2.75, 3.05) is 101 Å². The van der Waals surface area contributed by atoms with Gasteiger partial charge in [-0.25, -0.2) is 8.78 Å². The van der Waals surface area contributed by atoms with Crippen LogP contribution in [0.25, 0.3) is 0 Å². The summed E-state index contributed by atoms with van der Waals surface area (Å²) in [4.78, 5) is 194. The summed E-state index contributed by atoms with van der Waals surface area (Å²) in [5, 5.41) is 8.53. The van der Waals surface area contributed by atoms with E-state index in [9.17, 15) is 40.7 Å². The summed E-state index contributed by atoms with van der Waals surface area (Å²) in [7, 11) is 8.12. The summed E-state index contributed by atoms with van der Waals surface area (Å²) in [6, 6.07) is -11.3. The summed E-state index contributed by atoms with van der Waals surface area (Å²) in [5.41, 5.74) is -1.73. The van der Waals surface area contributed by atoms with Crippen molar-refractivity contribution < 1.29 is 102 Å². The van der Waals surface area contributed by atoms with E-state index in [2.05, 4.69) is 16.0 Å². The van der Waals surface area contributed by atoms with Crippen LogP contribution in [-0.2, 0) is 67.0 Å². The zero-order chi connectivity index (χ0) is 81.9. The van der Waals surface area contributed by atoms with Crippen molar-refractivity contribution in [3.63, 3.8) is 0 Å². The summed E-state index contributed by atoms with van der Waals surface area (Å²) >= 11 is 0. The van der Waals surface area contributed by atoms with Gasteiger partial charge in [0.05, 0.1) is 44.7 Å². The third-order valence-electron chi connectivity index (χ3n) is 25.1. The number of nitrogens with one attached hydrogen (secondary N) is 3. The summed E-state index contributed by atoms with van der Waals surface area (Å²) in [5.74, 6) is -16.8. The van der Waals surface area contributed by atoms with Gasteiger partial charge < -0.3 is 69.5 Å². The molecule has 0 aromatic heterocycles. The van der Waals surface area contributed by atoms with E-state index in [1.165, 1.54) is 66.8 Å². The lowest BCUT2D eigenvalue weighted by atomic mass is 9.76. The molecule has 0 aromatic rings. The van der Waals surface area contributed by atoms with Gasteiger partial charge >= 0.3 is 12.4 Å². The number of halogens is 8. The molecule has 34 heteroatoms. The van der Waals surface area contributed by atoms with E-state index >= 15 is 51.9 Å². The molecule has 0 aromatic carbocycles. The fraction of sp³-hybridized carbons (Fsp3) is 0.844. The lowest BCUT2D eigenvalue weighted by Gasteiger charge is -2.42. The van der Waals surface area contributed by atoms with Gasteiger partial charge in [0.2, 0.25) is 70.9 Å². The Hall–Kier alpha value is -7.00. The van der Waals surface area contributed by atoms with Crippen LogP contribution in [0.15, 0.2) is 0 Å². The Balaban J connectivity index is 1.21. The molecule has 26 nitrogen and oxygen atoms in total. The molecule has 4 saturated carbocycles. The van der Waals surface area contributed by atoms with Gasteiger partial charge in [-0.2, -0.15) is 26.3 Å². The summed E-state index contributed by atoms with van der Waals surface area (Å²) < 4.78 is 127. The van der Waals surface area contributed by atoms with Gasteiger partial charge in [0.15, 0.2) is 0 Å². The van der Waals surface area contributed by atoms with Crippen molar-refractivity contribution in [3.05, 3.63) is 0 Å². The molecule has 8 rings (SSSR count). The van der Waals surface area contributed by atoms with Crippen molar-refractivity contribution in [1.29, 1.82) is 0 Å². The average Bonchev–Trinajstić information content (AvgIpc) is 1.73. The Morgan fingerprint density at radius 1 is 0.595 bits per heavy atom. The number of alkyl halides is 8. The molecule has 12 atom stereocenters. The number of likely N-dealkylation sites (N-methyl/N-ethyl adjacent to an activating group) is 6. The minimum absolute atomic E-state index is 0.00760. The van der Waals surface area contributed by atoms with Crippen LogP contribution in [0, 0.1) is 41.4 Å². The first-order valence-corrected chi connectivity index (χ1v) is 40.2. The van der Waals surface area contributed by atoms with Crippen molar-refractivity contribution in [2.24, 2.45) is 41.4 Å². The fourth-order valence-corrected chi connectivity index (χ4v) is 18.3. The standard InChI is InChI=1S/C77H120F8N12O14/c1-12-46(5)64-72(107)90(7)44-62(100)91(8)55-22-16-19-31-96(71(55)106)59(39-47-23-26-50(27-24-47)76(80,81)82)69(104)89(6)43-60(98)86-54(28-25-48-37-52(78)63(53(79)38-48)77(83,84)85)68(103)97-42-51(111-13-2)40-57(97)67(102)88-75(29-17-18-30-75)74(109)94(11)65(49-20-14-15-21-49)73(108)93(10)58(70(105)95-32-34-110-35-33-95)41-61(99)92(9)56(36-45(3)4)66(101)87-64/h45-59,63-65H,12-44H2,1-11H3,(H,86,98)(H,87,101)(H,88,102)/t46-,47?,48?,50?,51+,52?,53?,54-,55-,56-,57-,58-,59-,63?,64-,65-/m0/s1. The van der Waals surface area contributed by atoms with E-state index < -0.39 is 230 Å². The van der Waals surface area contributed by atoms with Crippen LogP contribution in [0.2, 0.25) is 0 Å². The van der Waals surface area contributed by atoms with Gasteiger partial charge in [0.1, 0.15) is 72.1 Å². The first-order chi connectivity index (χ1) is 52.2. The van der Waals surface area contributed by atoms with Crippen molar-refractivity contribution in [2.45, 2.75) is 273 Å². The van der Waals surface area contributed by atoms with Gasteiger partial charge in [0, 0.05) is 81.5 Å². The topological polar surface area (TPSA) is 289 Å². The van der Waals surface area contributed by atoms with Crippen molar-refractivity contribution >= 4 is 70.9 Å². The Morgan fingerprint density at radius 2 is 1.21 bits per heavy atom. The second-order valence-electron chi connectivity index (χ2n) is 33.2. The van der Waals surface area contributed by atoms with Crippen LogP contribution in [0.3, 0.4) is 0 Å². The summed E-state index contributed by atoms with van der Waals surface area (Å²) in [6.07, 6.45) is -15.5. The molecule has 8 fully saturated rings. The molecule has 4 heterocycles. The Morgan fingerprint density at radius 3 is 1.79 bits per heavy atom. The van der Waals surface area contributed by atoms with E-state index in [1.807, 2.05) is 13.8 Å². The number of carbonyl (C=O) groups is 12. The van der Waals surface area contributed by atoms with Gasteiger partial charge in [-0.3, -0.25) is 57.5 Å². The van der Waals surface area contributed by atoms with Crippen LogP contribution in [-0.4, -0.2) is 301 Å². The average molecular weight is 1590 g/mol. The Kier molecular flexibility index (Phi) is 31.4. The maximum Gasteiger partial charge on any atom is 0.397 e. The number of hydrogen-bond donors (Lipinski definition) is 3. The molecule has 2 unspecified atom stereocenters. The second-order valence-corrected chi connectivity index (χ2v) is 33.2. The quantitative estimate of drug-likeness (QED) is 0.170. The Labute approximate surface area is 646 Å². The Bertz CT molecular complexity index is 3260. The number of fused-ring (bicyclic) bond motifs is 3. The van der Waals surface area contributed by atoms with Gasteiger partial charge in [-0.05, 0) is 146 Å². The monoisotopic (exact) mass is 1590 g/mol. The minimum Gasteiger partial charge on any atom is -0.378 e. The molecule has 8 aliphatic rings. The highest BCUT2D eigenvalue weighted by Gasteiger charge is 2.56. The normalized spacial score (nSPS) is 32.2. The molecule has 111 heavy (non-hydrogen) atoms. The molecule has 4 saturated heterocycles. The largest absolute Gasteiger partial charge is 0.397 e. The molecule has 4 aliphatic heterocycles. The van der Waals surface area contributed by atoms with Crippen LogP contribution < -0.4 is 16.0 Å². The summed E-state index contributed by atoms with van der Waals surface area (Å²) in [6.45, 7) is 7.54. The maximum atomic E-state index is 15.8. The van der Waals surface area contributed by atoms with Gasteiger partial charge in [-0.1, -0.05) is 59.8 Å². The predicted octanol–water partition coefficient (Wildman–Crippen LogP) is 6.35. The zero-order valence-corrected chi connectivity index (χ0v) is 66.5. The number of carbonyl (C=O) groups excluding carboxylic acids is 12. The maximum absolute atomic E-state index is 15.8. The van der Waals surface area contributed by atoms with E-state index in [0.29, 0.717) is 51.4 Å². The van der Waals surface area contributed by atoms with Crippen molar-refractivity contribution in [1.82, 2.24) is 60.0 Å². The number of hydrogen-bond acceptors (Lipinski definition) is 14. The molecule has 2 bridgehead atoms. The number of ether oxygens (including phenoxy) is 2. The molecule has 628 valence electrons. The highest BCUT2D eigenvalue weighted by molar-refractivity contribution is 6.01. The molecule has 1 spiro atoms. The first-order valence-electron chi connectivity index (χ1n) is 40.2. The smallest absolute Gasteiger partial charge is 0.378 e. The van der Waals surface area contributed by atoms with Crippen LogP contribution in [0.5, 0.6) is 0 Å². The highest BCUT2D eigenvalue weighted by Crippen LogP contribution is 2.46. The van der Waals surface area contributed by atoms with E-state index in [0.717, 1.165) is 19.6 Å². The SMILES string of the molecule is CCO[C@@H]1C[C@H]2C(=O)NC3(CCCC3)C(=O)N(C)[C@@H](C3CCCC3)C(=O)N(C)[C@H](C(=O)N3CCOCC3)CC(=O)N(C)[C@@H](CC(C)C)C(=O)N[C@@H]([C@@H](C)CC)C(=O)N(C)CC(=O)N(C)[C@H]3CCCCN(C3=O)[C@@H](CC3CCC(C(F)(F)F)CC3)C(=O)N(C)CC(=O)N[C@@H](CCC3CC(F)C(C(F)(F)F)C(F)C3)C(=O)N2C1. The molecular weight excluding hydrogens is 1470 g/mol. The fourth-order valence-electron chi connectivity index (χ4n) is 18.3. The molecular formula is C77H120F8N12O14. The second kappa shape index (κ2) is 38.9. The lowest BCUT2D eigenvalue weighted by molar-refractivity contribution is -0.219. The highest BCUT2D eigenvalue weighted by atomic mass is 19.4. The van der Waals surface area contributed by atoms with Crippen LogP contribution in [0.4, 0.5) is 35.1 Å². The predicted molar refractivity (Wildman–Crippen MR) is 390 cm³/mol. The molecule has 4 aliphatic carbocycles. The molecule has 3 N–H and O–H groups in total. The van der Waals surface area contributed by atoms with Crippen molar-refractivity contribution in [3.8, 4) is 0 Å². The molecule has 12 amide bonds. The number of morpholine rings is 1. The van der Waals surface area contributed by atoms with Crippen LogP contribution >= 0.6 is 0 Å². The third-order valence-corrected chi connectivity index (χ3v) is 25.1. The lowest BCUT2D eigenvalue weighted by Crippen LogP contribution is -2.65. The van der Waals surface area contributed by atoms with Gasteiger partial charge in [0.25, 0.3) is 0 Å². The number of rotatable bonds is 13. The number of amides is 12. The first kappa shape index (κ1) is 89.5. The van der Waals surface area contributed by atoms with E-state index in [4.69, 9.17) is 9.47 Å². The van der Waals surface area contributed by atoms with Crippen LogP contribution in [0.1, 0.15) is 189 Å². The third kappa shape index (κ3) is 21.9. The van der Waals surface area contributed by atoms with Gasteiger partial charge in [-0.15, -0.1) is 0 Å².